The number of benzene rings is 1. The molecule has 0 unspecified atom stereocenters. The lowest BCUT2D eigenvalue weighted by molar-refractivity contribution is 0.0593. The van der Waals surface area contributed by atoms with E-state index in [0.717, 1.165) is 6.07 Å². The van der Waals surface area contributed by atoms with Gasteiger partial charge in [0, 0.05) is 17.5 Å². The third-order valence-electron chi connectivity index (χ3n) is 2.57. The quantitative estimate of drug-likeness (QED) is 0.812. The van der Waals surface area contributed by atoms with Crippen molar-refractivity contribution >= 4 is 28.5 Å². The third kappa shape index (κ3) is 2.82. The number of carbonyl (C=O) groups is 1. The van der Waals surface area contributed by atoms with E-state index in [1.165, 1.54) is 19.2 Å². The van der Waals surface area contributed by atoms with Crippen LogP contribution in [0, 0.1) is 5.82 Å². The van der Waals surface area contributed by atoms with Gasteiger partial charge in [-0.2, -0.15) is 0 Å². The Hall–Kier alpha value is -1.88. The van der Waals surface area contributed by atoms with E-state index in [4.69, 9.17) is 16.3 Å². The molecule has 2 rings (SSSR count). The molecule has 0 fully saturated rings. The molecule has 0 atom stereocenters. The number of hydrogen-bond donors (Lipinski definition) is 0. The van der Waals surface area contributed by atoms with Crippen molar-refractivity contribution in [3.63, 3.8) is 0 Å². The van der Waals surface area contributed by atoms with Crippen molar-refractivity contribution in [3.05, 3.63) is 34.7 Å². The number of rotatable bonds is 3. The van der Waals surface area contributed by atoms with Crippen LogP contribution in [0.5, 0.6) is 5.75 Å². The second-order valence-electron chi connectivity index (χ2n) is 4.45. The van der Waals surface area contributed by atoms with Crippen molar-refractivity contribution in [2.24, 2.45) is 0 Å². The molecule has 0 amide bonds. The summed E-state index contributed by atoms with van der Waals surface area (Å²) in [5.41, 5.74) is 0.336. The van der Waals surface area contributed by atoms with Crippen LogP contribution in [-0.2, 0) is 4.74 Å². The van der Waals surface area contributed by atoms with Gasteiger partial charge in [-0.3, -0.25) is 0 Å². The molecule has 0 saturated carbocycles. The summed E-state index contributed by atoms with van der Waals surface area (Å²) in [7, 11) is 1.25. The van der Waals surface area contributed by atoms with Crippen LogP contribution in [0.25, 0.3) is 10.9 Å². The van der Waals surface area contributed by atoms with Crippen molar-refractivity contribution in [3.8, 4) is 5.75 Å². The Morgan fingerprint density at radius 1 is 1.35 bits per heavy atom. The van der Waals surface area contributed by atoms with Gasteiger partial charge >= 0.3 is 5.97 Å². The van der Waals surface area contributed by atoms with Gasteiger partial charge in [0.2, 0.25) is 0 Å². The zero-order valence-electron chi connectivity index (χ0n) is 11.2. The Kier molecular flexibility index (Phi) is 4.09. The number of carbonyl (C=O) groups excluding carboxylic acids is 1. The van der Waals surface area contributed by atoms with Gasteiger partial charge in [0.05, 0.1) is 23.8 Å². The highest BCUT2D eigenvalue weighted by atomic mass is 35.5. The van der Waals surface area contributed by atoms with Crippen LogP contribution in [0.15, 0.2) is 18.2 Å². The highest BCUT2D eigenvalue weighted by Gasteiger charge is 2.16. The molecule has 2 aromatic rings. The lowest BCUT2D eigenvalue weighted by Gasteiger charge is -2.13. The Morgan fingerprint density at radius 3 is 2.65 bits per heavy atom. The van der Waals surface area contributed by atoms with E-state index in [9.17, 15) is 9.18 Å². The van der Waals surface area contributed by atoms with Gasteiger partial charge in [-0.15, -0.1) is 0 Å². The van der Waals surface area contributed by atoms with Gasteiger partial charge in [0.1, 0.15) is 11.6 Å². The highest BCUT2D eigenvalue weighted by Crippen LogP contribution is 2.30. The fourth-order valence-electron chi connectivity index (χ4n) is 1.75. The molecule has 0 bridgehead atoms. The molecule has 0 aliphatic heterocycles. The monoisotopic (exact) mass is 297 g/mol. The zero-order valence-corrected chi connectivity index (χ0v) is 12.0. The predicted octanol–water partition coefficient (Wildman–Crippen LogP) is 3.60. The minimum Gasteiger partial charge on any atom is -0.490 e. The zero-order chi connectivity index (χ0) is 14.9. The van der Waals surface area contributed by atoms with Crippen molar-refractivity contribution in [2.75, 3.05) is 7.11 Å². The molecule has 4 nitrogen and oxygen atoms in total. The van der Waals surface area contributed by atoms with Crippen molar-refractivity contribution in [1.82, 2.24) is 4.98 Å². The molecule has 0 N–H and O–H groups in total. The van der Waals surface area contributed by atoms with E-state index < -0.39 is 11.8 Å². The second-order valence-corrected chi connectivity index (χ2v) is 4.85. The summed E-state index contributed by atoms with van der Waals surface area (Å²) in [5.74, 6) is -0.813. The first-order valence-corrected chi connectivity index (χ1v) is 6.35. The first-order chi connectivity index (χ1) is 9.42. The maximum atomic E-state index is 13.5. The molecular weight excluding hydrogens is 285 g/mol. The highest BCUT2D eigenvalue weighted by molar-refractivity contribution is 6.31. The molecule has 6 heteroatoms. The van der Waals surface area contributed by atoms with Gasteiger partial charge in [0.15, 0.2) is 5.69 Å². The summed E-state index contributed by atoms with van der Waals surface area (Å²) >= 11 is 5.78. The number of hydrogen-bond acceptors (Lipinski definition) is 4. The average Bonchev–Trinajstić information content (AvgIpc) is 2.39. The maximum absolute atomic E-state index is 13.5. The minimum atomic E-state index is -0.615. The number of pyridine rings is 1. The van der Waals surface area contributed by atoms with Gasteiger partial charge in [0.25, 0.3) is 0 Å². The van der Waals surface area contributed by atoms with Crippen LogP contribution in [0.2, 0.25) is 5.02 Å². The molecular formula is C14H13ClFNO3. The molecule has 1 aromatic carbocycles. The Morgan fingerprint density at radius 2 is 2.05 bits per heavy atom. The number of fused-ring (bicyclic) bond motifs is 1. The third-order valence-corrected chi connectivity index (χ3v) is 2.86. The fraction of sp³-hybridized carbons (Fsp3) is 0.286. The van der Waals surface area contributed by atoms with Gasteiger partial charge in [-0.25, -0.2) is 14.2 Å². The van der Waals surface area contributed by atoms with E-state index in [0.29, 0.717) is 11.1 Å². The largest absolute Gasteiger partial charge is 0.490 e. The summed E-state index contributed by atoms with van der Waals surface area (Å²) in [6, 6.07) is 4.05. The van der Waals surface area contributed by atoms with Crippen molar-refractivity contribution in [2.45, 2.75) is 20.0 Å². The average molecular weight is 298 g/mol. The van der Waals surface area contributed by atoms with E-state index in [1.807, 2.05) is 13.8 Å². The topological polar surface area (TPSA) is 48.4 Å². The molecule has 106 valence electrons. The lowest BCUT2D eigenvalue weighted by Crippen LogP contribution is -2.09. The molecule has 0 radical (unpaired) electrons. The number of ether oxygens (including phenoxy) is 2. The van der Waals surface area contributed by atoms with Gasteiger partial charge < -0.3 is 9.47 Å². The number of methoxy groups -OCH3 is 1. The number of halogens is 2. The molecule has 0 aliphatic rings. The molecule has 0 spiro atoms. The SMILES string of the molecule is COC(=O)c1cc(OC(C)C)c2cc(Cl)c(F)cc2n1. The number of aromatic nitrogens is 1. The maximum Gasteiger partial charge on any atom is 0.356 e. The Bertz CT molecular complexity index is 673. The van der Waals surface area contributed by atoms with Crippen LogP contribution < -0.4 is 4.74 Å². The predicted molar refractivity (Wildman–Crippen MR) is 73.8 cm³/mol. The molecule has 1 aromatic heterocycles. The van der Waals surface area contributed by atoms with E-state index >= 15 is 0 Å². The van der Waals surface area contributed by atoms with Crippen LogP contribution in [0.4, 0.5) is 4.39 Å². The first-order valence-electron chi connectivity index (χ1n) is 5.97. The summed E-state index contributed by atoms with van der Waals surface area (Å²) in [6.07, 6.45) is -0.116. The summed E-state index contributed by atoms with van der Waals surface area (Å²) in [4.78, 5) is 15.6. The standard InChI is InChI=1S/C14H13ClFNO3/c1-7(2)20-13-6-12(14(18)19-3)17-11-5-10(16)9(15)4-8(11)13/h4-7H,1-3H3. The van der Waals surface area contributed by atoms with Crippen LogP contribution in [-0.4, -0.2) is 24.2 Å². The summed E-state index contributed by atoms with van der Waals surface area (Å²) in [6.45, 7) is 3.68. The minimum absolute atomic E-state index is 0.0290. The summed E-state index contributed by atoms with van der Waals surface area (Å²) < 4.78 is 23.8. The molecule has 0 saturated heterocycles. The first kappa shape index (κ1) is 14.5. The normalized spacial score (nSPS) is 10.9. The van der Waals surface area contributed by atoms with Gasteiger partial charge in [-0.1, -0.05) is 11.6 Å². The van der Waals surface area contributed by atoms with Crippen molar-refractivity contribution in [1.29, 1.82) is 0 Å². The van der Waals surface area contributed by atoms with Crippen LogP contribution in [0.3, 0.4) is 0 Å². The van der Waals surface area contributed by atoms with E-state index in [1.54, 1.807) is 0 Å². The molecule has 20 heavy (non-hydrogen) atoms. The Labute approximate surface area is 120 Å². The van der Waals surface area contributed by atoms with Crippen molar-refractivity contribution < 1.29 is 18.7 Å². The molecule has 0 aliphatic carbocycles. The number of nitrogens with zero attached hydrogens (tertiary/aromatic N) is 1. The van der Waals surface area contributed by atoms with Gasteiger partial charge in [-0.05, 0) is 19.9 Å². The van der Waals surface area contributed by atoms with Crippen LogP contribution in [0.1, 0.15) is 24.3 Å². The van der Waals surface area contributed by atoms with E-state index in [-0.39, 0.29) is 22.3 Å². The lowest BCUT2D eigenvalue weighted by atomic mass is 10.1. The Balaban J connectivity index is 2.70. The summed E-state index contributed by atoms with van der Waals surface area (Å²) in [5, 5.41) is 0.511. The van der Waals surface area contributed by atoms with E-state index in [2.05, 4.69) is 9.72 Å². The molecule has 1 heterocycles. The second kappa shape index (κ2) is 5.63. The van der Waals surface area contributed by atoms with Crippen LogP contribution >= 0.6 is 11.6 Å². The smallest absolute Gasteiger partial charge is 0.356 e. The number of esters is 1. The fourth-order valence-corrected chi connectivity index (χ4v) is 1.91.